The van der Waals surface area contributed by atoms with E-state index in [9.17, 15) is 0 Å². The quantitative estimate of drug-likeness (QED) is 0.745. The fourth-order valence-corrected chi connectivity index (χ4v) is 2.31. The van der Waals surface area contributed by atoms with Gasteiger partial charge in [-0.15, -0.1) is 0 Å². The van der Waals surface area contributed by atoms with Crippen LogP contribution in [0.3, 0.4) is 0 Å². The Balaban J connectivity index is 2.00. The van der Waals surface area contributed by atoms with Crippen LogP contribution in [0.25, 0.3) is 0 Å². The van der Waals surface area contributed by atoms with E-state index >= 15 is 0 Å². The Bertz CT molecular complexity index is 592. The van der Waals surface area contributed by atoms with Crippen LogP contribution < -0.4 is 10.6 Å². The first-order valence-corrected chi connectivity index (χ1v) is 7.57. The number of benzene rings is 1. The van der Waals surface area contributed by atoms with Crippen LogP contribution in [-0.2, 0) is 4.74 Å². The van der Waals surface area contributed by atoms with Crippen LogP contribution in [0.15, 0.2) is 34.9 Å². The summed E-state index contributed by atoms with van der Waals surface area (Å²) in [5.41, 5.74) is 2.18. The highest BCUT2D eigenvalue weighted by Crippen LogP contribution is 2.23. The molecular weight excluding hydrogens is 332 g/mol. The summed E-state index contributed by atoms with van der Waals surface area (Å²) >= 11 is 3.46. The number of hydrogen-bond donors (Lipinski definition) is 2. The first-order chi connectivity index (χ1) is 10.2. The van der Waals surface area contributed by atoms with Crippen LogP contribution in [0.5, 0.6) is 0 Å². The van der Waals surface area contributed by atoms with Gasteiger partial charge in [0, 0.05) is 36.6 Å². The van der Waals surface area contributed by atoms with Crippen molar-refractivity contribution in [1.82, 2.24) is 9.97 Å². The lowest BCUT2D eigenvalue weighted by atomic mass is 10.2. The van der Waals surface area contributed by atoms with Crippen molar-refractivity contribution in [2.75, 3.05) is 30.9 Å². The second-order valence-electron chi connectivity index (χ2n) is 4.62. The Labute approximate surface area is 133 Å². The largest absolute Gasteiger partial charge is 0.385 e. The average Bonchev–Trinajstić information content (AvgIpc) is 2.47. The molecule has 21 heavy (non-hydrogen) atoms. The number of methoxy groups -OCH3 is 1. The molecular formula is C15H19BrN4O. The highest BCUT2D eigenvalue weighted by atomic mass is 79.9. The molecule has 1 heterocycles. The van der Waals surface area contributed by atoms with E-state index in [-0.39, 0.29) is 0 Å². The van der Waals surface area contributed by atoms with Crippen molar-refractivity contribution in [2.45, 2.75) is 13.3 Å². The van der Waals surface area contributed by atoms with Crippen molar-refractivity contribution in [1.29, 1.82) is 0 Å². The zero-order chi connectivity index (χ0) is 15.1. The van der Waals surface area contributed by atoms with E-state index in [1.165, 1.54) is 0 Å². The lowest BCUT2D eigenvalue weighted by Crippen LogP contribution is -2.08. The number of rotatable bonds is 7. The van der Waals surface area contributed by atoms with Gasteiger partial charge in [0.1, 0.15) is 5.82 Å². The fourth-order valence-electron chi connectivity index (χ4n) is 1.84. The Hall–Kier alpha value is -1.66. The van der Waals surface area contributed by atoms with Gasteiger partial charge in [0.2, 0.25) is 5.95 Å². The monoisotopic (exact) mass is 350 g/mol. The highest BCUT2D eigenvalue weighted by molar-refractivity contribution is 9.10. The molecule has 0 atom stereocenters. The lowest BCUT2D eigenvalue weighted by molar-refractivity contribution is 0.197. The summed E-state index contributed by atoms with van der Waals surface area (Å²) in [6.45, 7) is 3.57. The number of hydrogen-bond acceptors (Lipinski definition) is 5. The number of halogens is 1. The number of aryl methyl sites for hydroxylation is 1. The molecule has 0 aliphatic heterocycles. The standard InChI is InChI=1S/C15H19BrN4O/c1-11-10-12(16)4-5-13(11)19-14-6-8-18-15(20-14)17-7-3-9-21-2/h4-6,8,10H,3,7,9H2,1-2H3,(H2,17,18,19,20). The van der Waals surface area contributed by atoms with E-state index in [1.807, 2.05) is 18.2 Å². The summed E-state index contributed by atoms with van der Waals surface area (Å²) in [5, 5.41) is 6.48. The van der Waals surface area contributed by atoms with Gasteiger partial charge in [-0.1, -0.05) is 15.9 Å². The van der Waals surface area contributed by atoms with Gasteiger partial charge in [0.15, 0.2) is 0 Å². The summed E-state index contributed by atoms with van der Waals surface area (Å²) in [4.78, 5) is 8.65. The third kappa shape index (κ3) is 4.99. The molecule has 0 radical (unpaired) electrons. The lowest BCUT2D eigenvalue weighted by Gasteiger charge is -2.10. The van der Waals surface area contributed by atoms with Crippen molar-refractivity contribution < 1.29 is 4.74 Å². The molecule has 0 saturated carbocycles. The van der Waals surface area contributed by atoms with Crippen LogP contribution in [-0.4, -0.2) is 30.2 Å². The van der Waals surface area contributed by atoms with E-state index in [2.05, 4.69) is 49.5 Å². The van der Waals surface area contributed by atoms with Gasteiger partial charge in [0.25, 0.3) is 0 Å². The molecule has 112 valence electrons. The van der Waals surface area contributed by atoms with Gasteiger partial charge in [-0.3, -0.25) is 0 Å². The zero-order valence-electron chi connectivity index (χ0n) is 12.2. The van der Waals surface area contributed by atoms with E-state index < -0.39 is 0 Å². The number of ether oxygens (including phenoxy) is 1. The van der Waals surface area contributed by atoms with Gasteiger partial charge in [-0.25, -0.2) is 4.98 Å². The van der Waals surface area contributed by atoms with Gasteiger partial charge < -0.3 is 15.4 Å². The smallest absolute Gasteiger partial charge is 0.224 e. The maximum Gasteiger partial charge on any atom is 0.224 e. The van der Waals surface area contributed by atoms with Crippen LogP contribution in [0, 0.1) is 6.92 Å². The molecule has 2 aromatic rings. The molecule has 0 bridgehead atoms. The Morgan fingerprint density at radius 1 is 1.29 bits per heavy atom. The van der Waals surface area contributed by atoms with E-state index in [1.54, 1.807) is 13.3 Å². The van der Waals surface area contributed by atoms with Gasteiger partial charge in [-0.05, 0) is 43.2 Å². The third-order valence-corrected chi connectivity index (χ3v) is 3.41. The zero-order valence-corrected chi connectivity index (χ0v) is 13.8. The van der Waals surface area contributed by atoms with E-state index in [4.69, 9.17) is 4.74 Å². The average molecular weight is 351 g/mol. The Morgan fingerprint density at radius 3 is 2.90 bits per heavy atom. The minimum atomic E-state index is 0.617. The van der Waals surface area contributed by atoms with Crippen molar-refractivity contribution in [3.8, 4) is 0 Å². The van der Waals surface area contributed by atoms with Crippen molar-refractivity contribution >= 4 is 33.4 Å². The third-order valence-electron chi connectivity index (χ3n) is 2.92. The van der Waals surface area contributed by atoms with Crippen LogP contribution in [0.2, 0.25) is 0 Å². The van der Waals surface area contributed by atoms with Gasteiger partial charge in [-0.2, -0.15) is 4.98 Å². The van der Waals surface area contributed by atoms with Gasteiger partial charge in [0.05, 0.1) is 0 Å². The van der Waals surface area contributed by atoms with Crippen LogP contribution in [0.4, 0.5) is 17.5 Å². The van der Waals surface area contributed by atoms with Gasteiger partial charge >= 0.3 is 0 Å². The maximum atomic E-state index is 5.01. The topological polar surface area (TPSA) is 59.1 Å². The summed E-state index contributed by atoms with van der Waals surface area (Å²) in [6.07, 6.45) is 2.66. The second-order valence-corrected chi connectivity index (χ2v) is 5.54. The van der Waals surface area contributed by atoms with Crippen molar-refractivity contribution in [2.24, 2.45) is 0 Å². The molecule has 0 aliphatic rings. The molecule has 0 aliphatic carbocycles. The molecule has 0 spiro atoms. The minimum Gasteiger partial charge on any atom is -0.385 e. The molecule has 1 aromatic carbocycles. The molecule has 6 heteroatoms. The first-order valence-electron chi connectivity index (χ1n) is 6.78. The molecule has 0 amide bonds. The molecule has 0 fully saturated rings. The molecule has 0 saturated heterocycles. The summed E-state index contributed by atoms with van der Waals surface area (Å²) in [6, 6.07) is 7.93. The summed E-state index contributed by atoms with van der Waals surface area (Å²) < 4.78 is 6.07. The molecule has 0 unspecified atom stereocenters. The number of nitrogens with one attached hydrogen (secondary N) is 2. The first kappa shape index (κ1) is 15.7. The molecule has 5 nitrogen and oxygen atoms in total. The maximum absolute atomic E-state index is 5.01. The number of anilines is 3. The predicted molar refractivity (Wildman–Crippen MR) is 89.2 cm³/mol. The predicted octanol–water partition coefficient (Wildman–Crippen LogP) is 3.74. The Kier molecular flexibility index (Phi) is 5.95. The summed E-state index contributed by atoms with van der Waals surface area (Å²) in [7, 11) is 1.70. The number of aromatic nitrogens is 2. The Morgan fingerprint density at radius 2 is 2.14 bits per heavy atom. The van der Waals surface area contributed by atoms with E-state index in [0.29, 0.717) is 5.95 Å². The number of nitrogens with zero attached hydrogens (tertiary/aromatic N) is 2. The normalized spacial score (nSPS) is 10.4. The molecule has 2 rings (SSSR count). The van der Waals surface area contributed by atoms with Crippen LogP contribution in [0.1, 0.15) is 12.0 Å². The summed E-state index contributed by atoms with van der Waals surface area (Å²) in [5.74, 6) is 1.38. The second kappa shape index (κ2) is 7.95. The van der Waals surface area contributed by atoms with Crippen molar-refractivity contribution in [3.05, 3.63) is 40.5 Å². The SMILES string of the molecule is COCCCNc1nccc(Nc2ccc(Br)cc2C)n1. The van der Waals surface area contributed by atoms with E-state index in [0.717, 1.165) is 41.1 Å². The molecule has 1 aromatic heterocycles. The fraction of sp³-hybridized carbons (Fsp3) is 0.333. The minimum absolute atomic E-state index is 0.617. The highest BCUT2D eigenvalue weighted by Gasteiger charge is 2.02. The van der Waals surface area contributed by atoms with Crippen molar-refractivity contribution in [3.63, 3.8) is 0 Å². The molecule has 2 N–H and O–H groups in total. The van der Waals surface area contributed by atoms with Crippen LogP contribution >= 0.6 is 15.9 Å².